The zero-order valence-electron chi connectivity index (χ0n) is 14.7. The predicted octanol–water partition coefficient (Wildman–Crippen LogP) is 6.13. The number of fused-ring (bicyclic) bond motifs is 5. The van der Waals surface area contributed by atoms with Gasteiger partial charge in [0, 0.05) is 0 Å². The molecule has 2 saturated carbocycles. The van der Waals surface area contributed by atoms with Crippen LogP contribution in [0.2, 0.25) is 0 Å². The van der Waals surface area contributed by atoms with Gasteiger partial charge in [-0.3, -0.25) is 0 Å². The second kappa shape index (κ2) is 5.39. The predicted molar refractivity (Wildman–Crippen MR) is 94.2 cm³/mol. The number of benzene rings is 1. The Morgan fingerprint density at radius 2 is 1.95 bits per heavy atom. The highest BCUT2D eigenvalue weighted by Crippen LogP contribution is 2.63. The fourth-order valence-corrected chi connectivity index (χ4v) is 6.61. The van der Waals surface area contributed by atoms with Gasteiger partial charge < -0.3 is 0 Å². The van der Waals surface area contributed by atoms with Crippen molar-refractivity contribution >= 4 is 0 Å². The molecule has 0 aromatic heterocycles. The molecule has 0 N–H and O–H groups in total. The molecule has 0 heterocycles. The number of hydrogen-bond donors (Lipinski definition) is 0. The third kappa shape index (κ3) is 2.02. The highest BCUT2D eigenvalue weighted by molar-refractivity contribution is 5.38. The zero-order valence-corrected chi connectivity index (χ0v) is 14.7. The van der Waals surface area contributed by atoms with Crippen molar-refractivity contribution < 1.29 is 0 Å². The van der Waals surface area contributed by atoms with Crippen LogP contribution in [-0.2, 0) is 12.8 Å². The monoisotopic (exact) mass is 296 g/mol. The van der Waals surface area contributed by atoms with Gasteiger partial charge in [-0.25, -0.2) is 0 Å². The quantitative estimate of drug-likeness (QED) is 0.615. The first kappa shape index (κ1) is 14.8. The Bertz CT molecular complexity index is 557. The summed E-state index contributed by atoms with van der Waals surface area (Å²) >= 11 is 0. The van der Waals surface area contributed by atoms with Gasteiger partial charge in [0.2, 0.25) is 0 Å². The molecule has 2 fully saturated rings. The molecule has 5 unspecified atom stereocenters. The van der Waals surface area contributed by atoms with Gasteiger partial charge in [-0.05, 0) is 90.7 Å². The summed E-state index contributed by atoms with van der Waals surface area (Å²) in [7, 11) is 0. The van der Waals surface area contributed by atoms with Crippen LogP contribution in [0.5, 0.6) is 0 Å². The Balaban J connectivity index is 1.68. The molecule has 0 spiro atoms. The molecule has 0 bridgehead atoms. The first-order valence-corrected chi connectivity index (χ1v) is 9.79. The minimum Gasteiger partial charge on any atom is -0.0651 e. The van der Waals surface area contributed by atoms with E-state index in [2.05, 4.69) is 39.0 Å². The average Bonchev–Trinajstić information content (AvgIpc) is 2.90. The summed E-state index contributed by atoms with van der Waals surface area (Å²) in [4.78, 5) is 0. The highest BCUT2D eigenvalue weighted by atomic mass is 14.6. The maximum Gasteiger partial charge on any atom is -0.0128 e. The summed E-state index contributed by atoms with van der Waals surface area (Å²) in [6.07, 6.45) is 11.3. The third-order valence-electron chi connectivity index (χ3n) is 7.89. The van der Waals surface area contributed by atoms with E-state index in [-0.39, 0.29) is 0 Å². The lowest BCUT2D eigenvalue weighted by atomic mass is 9.54. The lowest BCUT2D eigenvalue weighted by Crippen LogP contribution is -2.42. The first-order chi connectivity index (χ1) is 10.7. The number of hydrogen-bond acceptors (Lipinski definition) is 0. The number of aryl methyl sites for hydroxylation is 2. The van der Waals surface area contributed by atoms with E-state index >= 15 is 0 Å². The molecule has 120 valence electrons. The molecule has 0 heteroatoms. The summed E-state index contributed by atoms with van der Waals surface area (Å²) in [5.74, 6) is 3.87. The van der Waals surface area contributed by atoms with E-state index in [0.29, 0.717) is 5.41 Å². The molecule has 22 heavy (non-hydrogen) atoms. The Labute approximate surface area is 136 Å². The fraction of sp³-hybridized carbons (Fsp3) is 0.727. The summed E-state index contributed by atoms with van der Waals surface area (Å²) in [6.45, 7) is 7.36. The summed E-state index contributed by atoms with van der Waals surface area (Å²) in [5.41, 5.74) is 5.63. The molecule has 0 radical (unpaired) electrons. The van der Waals surface area contributed by atoms with Crippen molar-refractivity contribution in [2.45, 2.75) is 78.1 Å². The molecule has 0 nitrogen and oxygen atoms in total. The van der Waals surface area contributed by atoms with Gasteiger partial charge in [0.05, 0.1) is 0 Å². The van der Waals surface area contributed by atoms with E-state index in [1.807, 2.05) is 0 Å². The molecule has 0 amide bonds. The van der Waals surface area contributed by atoms with Gasteiger partial charge in [0.1, 0.15) is 0 Å². The Kier molecular flexibility index (Phi) is 3.62. The molecule has 3 aliphatic carbocycles. The van der Waals surface area contributed by atoms with Crippen molar-refractivity contribution in [3.8, 4) is 0 Å². The normalized spacial score (nSPS) is 40.0. The second-order valence-electron chi connectivity index (χ2n) is 8.53. The smallest absolute Gasteiger partial charge is 0.0128 e. The van der Waals surface area contributed by atoms with Crippen molar-refractivity contribution in [1.82, 2.24) is 0 Å². The molecule has 1 aromatic rings. The van der Waals surface area contributed by atoms with Crippen LogP contribution in [-0.4, -0.2) is 0 Å². The van der Waals surface area contributed by atoms with E-state index in [9.17, 15) is 0 Å². The van der Waals surface area contributed by atoms with E-state index in [1.54, 1.807) is 16.7 Å². The van der Waals surface area contributed by atoms with Crippen molar-refractivity contribution in [2.75, 3.05) is 0 Å². The van der Waals surface area contributed by atoms with Crippen molar-refractivity contribution in [1.29, 1.82) is 0 Å². The first-order valence-electron chi connectivity index (χ1n) is 9.79. The van der Waals surface area contributed by atoms with E-state index in [4.69, 9.17) is 0 Å². The van der Waals surface area contributed by atoms with Crippen molar-refractivity contribution in [3.05, 3.63) is 34.9 Å². The standard InChI is InChI=1S/C22H32/c1-4-15-6-7-16-8-10-19-18(20(16)14-15)12-13-22(3)17(5-2)9-11-21(19)22/h6-7,14,17-19,21H,4-5,8-13H2,1-3H3. The van der Waals surface area contributed by atoms with Gasteiger partial charge in [-0.2, -0.15) is 0 Å². The van der Waals surface area contributed by atoms with Crippen LogP contribution in [0.15, 0.2) is 18.2 Å². The van der Waals surface area contributed by atoms with E-state index < -0.39 is 0 Å². The lowest BCUT2D eigenvalue weighted by molar-refractivity contribution is 0.0273. The molecule has 4 rings (SSSR count). The van der Waals surface area contributed by atoms with Crippen molar-refractivity contribution in [2.24, 2.45) is 23.2 Å². The largest absolute Gasteiger partial charge is 0.0651 e. The van der Waals surface area contributed by atoms with Crippen LogP contribution < -0.4 is 0 Å². The summed E-state index contributed by atoms with van der Waals surface area (Å²) in [6, 6.07) is 7.39. The van der Waals surface area contributed by atoms with Crippen LogP contribution in [0.1, 0.15) is 81.9 Å². The second-order valence-corrected chi connectivity index (χ2v) is 8.53. The van der Waals surface area contributed by atoms with Gasteiger partial charge in [-0.1, -0.05) is 45.4 Å². The molecule has 0 aliphatic heterocycles. The van der Waals surface area contributed by atoms with Gasteiger partial charge in [0.15, 0.2) is 0 Å². The topological polar surface area (TPSA) is 0 Å². The SMILES string of the molecule is CCc1ccc2c(c1)C1CCC3(C)C(CC)CCC3C1CC2. The molecular formula is C22H32. The summed E-state index contributed by atoms with van der Waals surface area (Å²) < 4.78 is 0. The molecule has 5 atom stereocenters. The average molecular weight is 296 g/mol. The van der Waals surface area contributed by atoms with Gasteiger partial charge in [-0.15, -0.1) is 0 Å². The Hall–Kier alpha value is -0.780. The van der Waals surface area contributed by atoms with Gasteiger partial charge >= 0.3 is 0 Å². The lowest BCUT2D eigenvalue weighted by Gasteiger charge is -2.51. The minimum absolute atomic E-state index is 0.662. The van der Waals surface area contributed by atoms with E-state index in [0.717, 1.165) is 23.7 Å². The molecular weight excluding hydrogens is 264 g/mol. The fourth-order valence-electron chi connectivity index (χ4n) is 6.61. The summed E-state index contributed by atoms with van der Waals surface area (Å²) in [5, 5.41) is 0. The zero-order chi connectivity index (χ0) is 15.3. The van der Waals surface area contributed by atoms with Crippen LogP contribution >= 0.6 is 0 Å². The third-order valence-corrected chi connectivity index (χ3v) is 7.89. The van der Waals surface area contributed by atoms with Gasteiger partial charge in [0.25, 0.3) is 0 Å². The maximum atomic E-state index is 2.65. The van der Waals surface area contributed by atoms with Crippen LogP contribution in [0, 0.1) is 23.2 Å². The van der Waals surface area contributed by atoms with E-state index in [1.165, 1.54) is 51.4 Å². The van der Waals surface area contributed by atoms with Crippen LogP contribution in [0.25, 0.3) is 0 Å². The maximum absolute atomic E-state index is 2.65. The highest BCUT2D eigenvalue weighted by Gasteiger charge is 2.53. The van der Waals surface area contributed by atoms with Crippen LogP contribution in [0.4, 0.5) is 0 Å². The molecule has 3 aliphatic rings. The minimum atomic E-state index is 0.662. The Morgan fingerprint density at radius 1 is 1.09 bits per heavy atom. The number of rotatable bonds is 2. The molecule has 0 saturated heterocycles. The van der Waals surface area contributed by atoms with Crippen LogP contribution in [0.3, 0.4) is 0 Å². The molecule has 1 aromatic carbocycles. The Morgan fingerprint density at radius 3 is 2.73 bits per heavy atom. The van der Waals surface area contributed by atoms with Crippen molar-refractivity contribution in [3.63, 3.8) is 0 Å².